The highest BCUT2D eigenvalue weighted by molar-refractivity contribution is 5.43. The quantitative estimate of drug-likeness (QED) is 0.447. The van der Waals surface area contributed by atoms with Crippen LogP contribution < -0.4 is 11.0 Å². The first-order chi connectivity index (χ1) is 6.50. The number of benzene rings is 1. The summed E-state index contributed by atoms with van der Waals surface area (Å²) in [7, 11) is 0. The van der Waals surface area contributed by atoms with Crippen molar-refractivity contribution in [3.8, 4) is 0 Å². The predicted molar refractivity (Wildman–Crippen MR) is 41.1 cm³/mol. The van der Waals surface area contributed by atoms with Gasteiger partial charge in [-0.2, -0.15) is 4.94 Å². The highest BCUT2D eigenvalue weighted by atomic mass is 19.1. The number of halogens is 2. The van der Waals surface area contributed by atoms with E-state index < -0.39 is 22.4 Å². The van der Waals surface area contributed by atoms with Crippen molar-refractivity contribution in [2.24, 2.45) is 5.84 Å². The van der Waals surface area contributed by atoms with Gasteiger partial charge in [-0.05, 0) is 12.1 Å². The molecule has 0 amide bonds. The molecule has 0 aliphatic carbocycles. The summed E-state index contributed by atoms with van der Waals surface area (Å²) < 4.78 is 25.5. The van der Waals surface area contributed by atoms with E-state index in [-0.39, 0.29) is 5.17 Å². The summed E-state index contributed by atoms with van der Waals surface area (Å²) in [6.07, 6.45) is 0. The summed E-state index contributed by atoms with van der Waals surface area (Å²) in [6.45, 7) is 0. The van der Waals surface area contributed by atoms with Crippen LogP contribution >= 0.6 is 0 Å². The highest BCUT2D eigenvalue weighted by Crippen LogP contribution is 2.17. The van der Waals surface area contributed by atoms with E-state index in [2.05, 4.69) is 4.94 Å². The van der Waals surface area contributed by atoms with Crippen LogP contribution in [0, 0.1) is 21.7 Å². The first-order valence-electron chi connectivity index (χ1n) is 3.33. The molecule has 0 saturated heterocycles. The van der Waals surface area contributed by atoms with E-state index in [9.17, 15) is 18.9 Å². The molecule has 0 aromatic heterocycles. The number of hydrazine groups is 1. The minimum Gasteiger partial charge on any atom is -0.223 e. The lowest BCUT2D eigenvalue weighted by molar-refractivity contribution is -0.762. The van der Waals surface area contributed by atoms with Crippen molar-refractivity contribution < 1.29 is 18.8 Å². The van der Waals surface area contributed by atoms with Crippen molar-refractivity contribution in [2.45, 2.75) is 0 Å². The number of hydrogen-bond donors (Lipinski definition) is 1. The maximum Gasteiger partial charge on any atom is 0.318 e. The molecule has 76 valence electrons. The minimum absolute atomic E-state index is 0.0262. The Balaban J connectivity index is 2.93. The Labute approximate surface area is 76.5 Å². The van der Waals surface area contributed by atoms with Gasteiger partial charge in [0.15, 0.2) is 0 Å². The van der Waals surface area contributed by atoms with Gasteiger partial charge in [-0.15, -0.1) is 15.3 Å². The van der Waals surface area contributed by atoms with E-state index in [1.165, 1.54) is 0 Å². The van der Waals surface area contributed by atoms with E-state index in [1.807, 2.05) is 0 Å². The Morgan fingerprint density at radius 2 is 2.14 bits per heavy atom. The van der Waals surface area contributed by atoms with E-state index in [4.69, 9.17) is 5.84 Å². The summed E-state index contributed by atoms with van der Waals surface area (Å²) in [6, 6.07) is 2.28. The van der Waals surface area contributed by atoms with Crippen LogP contribution in [0.5, 0.6) is 0 Å². The molecule has 6 nitrogen and oxygen atoms in total. The number of nitrogens with zero attached hydrogens (tertiary/aromatic N) is 2. The summed E-state index contributed by atoms with van der Waals surface area (Å²) in [4.78, 5) is 13.5. The van der Waals surface area contributed by atoms with Gasteiger partial charge >= 0.3 is 5.09 Å². The van der Waals surface area contributed by atoms with Crippen LogP contribution in [0.3, 0.4) is 0 Å². The van der Waals surface area contributed by atoms with Gasteiger partial charge in [-0.25, -0.2) is 14.6 Å². The van der Waals surface area contributed by atoms with Crippen LogP contribution in [0.25, 0.3) is 0 Å². The molecule has 1 aromatic carbocycles. The van der Waals surface area contributed by atoms with Gasteiger partial charge in [-0.3, -0.25) is 0 Å². The fourth-order valence-electron chi connectivity index (χ4n) is 0.771. The topological polar surface area (TPSA) is 81.6 Å². The van der Waals surface area contributed by atoms with Crippen molar-refractivity contribution in [2.75, 3.05) is 5.17 Å². The molecule has 0 aliphatic heterocycles. The van der Waals surface area contributed by atoms with Gasteiger partial charge in [0, 0.05) is 6.07 Å². The van der Waals surface area contributed by atoms with Gasteiger partial charge in [0.05, 0.1) is 0 Å². The smallest absolute Gasteiger partial charge is 0.223 e. The lowest BCUT2D eigenvalue weighted by Crippen LogP contribution is -2.34. The first-order valence-corrected chi connectivity index (χ1v) is 3.33. The maximum absolute atomic E-state index is 12.9. The van der Waals surface area contributed by atoms with Crippen molar-refractivity contribution in [3.05, 3.63) is 39.9 Å². The number of nitrogens with two attached hydrogens (primary N) is 1. The largest absolute Gasteiger partial charge is 0.318 e. The van der Waals surface area contributed by atoms with E-state index in [0.717, 1.165) is 12.1 Å². The molecule has 0 heterocycles. The summed E-state index contributed by atoms with van der Waals surface area (Å²) in [5.41, 5.74) is -0.568. The molecule has 1 rings (SSSR count). The number of anilines is 1. The molecule has 0 radical (unpaired) electrons. The fraction of sp³-hybridized carbons (Fsp3) is 0. The standard InChI is InChI=1S/C6H5F2N3O3/c7-4-1-2-5(8)6(3-4)10(9)14-11(12)13/h1-3H,9H2. The second-order valence-electron chi connectivity index (χ2n) is 2.23. The van der Waals surface area contributed by atoms with E-state index >= 15 is 0 Å². The second-order valence-corrected chi connectivity index (χ2v) is 2.23. The zero-order valence-electron chi connectivity index (χ0n) is 6.68. The first kappa shape index (κ1) is 10.1. The van der Waals surface area contributed by atoms with E-state index in [1.54, 1.807) is 0 Å². The molecular formula is C6H5F2N3O3. The zero-order valence-corrected chi connectivity index (χ0v) is 6.68. The SMILES string of the molecule is NN(O[N+](=O)[O-])c1cc(F)ccc1F. The normalized spacial score (nSPS) is 9.64. The zero-order chi connectivity index (χ0) is 10.7. The third-order valence-corrected chi connectivity index (χ3v) is 1.30. The number of rotatable bonds is 3. The molecule has 8 heteroatoms. The number of hydrogen-bond acceptors (Lipinski definition) is 5. The highest BCUT2D eigenvalue weighted by Gasteiger charge is 2.12. The lowest BCUT2D eigenvalue weighted by atomic mass is 10.3. The maximum atomic E-state index is 12.9. The molecule has 0 spiro atoms. The summed E-state index contributed by atoms with van der Waals surface area (Å²) >= 11 is 0. The van der Waals surface area contributed by atoms with Gasteiger partial charge in [0.1, 0.15) is 17.3 Å². The van der Waals surface area contributed by atoms with Crippen LogP contribution in [0.1, 0.15) is 0 Å². The molecule has 1 aromatic rings. The van der Waals surface area contributed by atoms with Crippen LogP contribution in [0.4, 0.5) is 14.5 Å². The Morgan fingerprint density at radius 3 is 2.71 bits per heavy atom. The van der Waals surface area contributed by atoms with Crippen molar-refractivity contribution in [1.29, 1.82) is 0 Å². The summed E-state index contributed by atoms with van der Waals surface area (Å²) in [5, 5.41) is 8.61. The Morgan fingerprint density at radius 1 is 1.50 bits per heavy atom. The van der Waals surface area contributed by atoms with Gasteiger partial charge < -0.3 is 0 Å². The van der Waals surface area contributed by atoms with Crippen molar-refractivity contribution in [1.82, 2.24) is 0 Å². The third kappa shape index (κ3) is 2.26. The van der Waals surface area contributed by atoms with Crippen molar-refractivity contribution in [3.63, 3.8) is 0 Å². The van der Waals surface area contributed by atoms with Crippen LogP contribution in [0.2, 0.25) is 0 Å². The van der Waals surface area contributed by atoms with Gasteiger partial charge in [-0.1, -0.05) is 0 Å². The van der Waals surface area contributed by atoms with E-state index in [0.29, 0.717) is 6.07 Å². The molecule has 0 atom stereocenters. The fourth-order valence-corrected chi connectivity index (χ4v) is 0.771. The third-order valence-electron chi connectivity index (χ3n) is 1.30. The Bertz CT molecular complexity index is 360. The average molecular weight is 205 g/mol. The molecule has 0 saturated carbocycles. The second kappa shape index (κ2) is 3.83. The molecule has 14 heavy (non-hydrogen) atoms. The Kier molecular flexibility index (Phi) is 2.77. The van der Waals surface area contributed by atoms with Gasteiger partial charge in [0.25, 0.3) is 0 Å². The lowest BCUT2D eigenvalue weighted by Gasteiger charge is -2.14. The molecular weight excluding hydrogens is 200 g/mol. The molecule has 0 fully saturated rings. The minimum atomic E-state index is -1.25. The molecule has 0 bridgehead atoms. The van der Waals surface area contributed by atoms with Crippen LogP contribution in [-0.2, 0) is 4.94 Å². The molecule has 0 unspecified atom stereocenters. The molecule has 2 N–H and O–H groups in total. The van der Waals surface area contributed by atoms with Crippen molar-refractivity contribution >= 4 is 5.69 Å². The van der Waals surface area contributed by atoms with Crippen LogP contribution in [0.15, 0.2) is 18.2 Å². The molecule has 0 aliphatic rings. The predicted octanol–water partition coefficient (Wildman–Crippen LogP) is 0.768. The monoisotopic (exact) mass is 205 g/mol. The van der Waals surface area contributed by atoms with Crippen LogP contribution in [-0.4, -0.2) is 5.09 Å². The summed E-state index contributed by atoms with van der Waals surface area (Å²) in [5.74, 6) is 3.21. The average Bonchev–Trinajstić information content (AvgIpc) is 2.08. The van der Waals surface area contributed by atoms with Gasteiger partial charge in [0.2, 0.25) is 0 Å². The Hall–Kier alpha value is -1.96.